The van der Waals surface area contributed by atoms with Crippen molar-refractivity contribution in [2.75, 3.05) is 32.0 Å². The van der Waals surface area contributed by atoms with E-state index in [1.54, 1.807) is 18.2 Å². The van der Waals surface area contributed by atoms with Crippen LogP contribution in [0.3, 0.4) is 0 Å². The van der Waals surface area contributed by atoms with Gasteiger partial charge in [0.05, 0.1) is 17.3 Å². The van der Waals surface area contributed by atoms with E-state index in [0.717, 1.165) is 0 Å². The Kier molecular flexibility index (Phi) is 8.04. The molecule has 2 heterocycles. The fourth-order valence-electron chi connectivity index (χ4n) is 4.87. The smallest absolute Gasteiger partial charge is 0.379 e. The van der Waals surface area contributed by atoms with Crippen LogP contribution in [0.5, 0.6) is 0 Å². The molecular formula is C26H31F7N4. The quantitative estimate of drug-likeness (QED) is 0.301. The molecule has 4 rings (SSSR count). The van der Waals surface area contributed by atoms with Gasteiger partial charge >= 0.3 is 12.4 Å². The molecule has 1 aromatic carbocycles. The number of aryl methyl sites for hydroxylation is 1. The first-order valence-corrected chi connectivity index (χ1v) is 12.4. The second-order valence-corrected chi connectivity index (χ2v) is 10.1. The third kappa shape index (κ3) is 6.73. The molecule has 2 aliphatic rings. The molecule has 204 valence electrons. The summed E-state index contributed by atoms with van der Waals surface area (Å²) in [5.41, 5.74) is -0.649. The molecule has 0 spiro atoms. The van der Waals surface area contributed by atoms with Gasteiger partial charge in [0.1, 0.15) is 12.2 Å². The molecule has 4 nitrogen and oxygen atoms in total. The van der Waals surface area contributed by atoms with E-state index >= 15 is 0 Å². The lowest BCUT2D eigenvalue weighted by atomic mass is 9.99. The molecule has 0 bridgehead atoms. The Morgan fingerprint density at radius 2 is 1.86 bits per heavy atom. The Morgan fingerprint density at radius 1 is 1.14 bits per heavy atom. The summed E-state index contributed by atoms with van der Waals surface area (Å²) in [6.45, 7) is 4.19. The van der Waals surface area contributed by atoms with E-state index in [1.165, 1.54) is 6.07 Å². The number of rotatable bonds is 9. The van der Waals surface area contributed by atoms with E-state index in [0.29, 0.717) is 42.6 Å². The molecule has 3 atom stereocenters. The number of pyridine rings is 1. The SMILES string of the molecule is C=C(c1nc(CCCNC(C2CC2)C(F)(F)F)cc2c(N[C@@H]3CCN(C)C[C@@H]3F)cccc12)C(F)(F)F. The molecule has 1 saturated carbocycles. The zero-order valence-corrected chi connectivity index (χ0v) is 20.5. The Morgan fingerprint density at radius 3 is 2.49 bits per heavy atom. The van der Waals surface area contributed by atoms with Crippen molar-refractivity contribution in [3.8, 4) is 0 Å². The van der Waals surface area contributed by atoms with Gasteiger partial charge in [-0.15, -0.1) is 0 Å². The van der Waals surface area contributed by atoms with Crippen molar-refractivity contribution in [1.29, 1.82) is 0 Å². The molecule has 1 unspecified atom stereocenters. The van der Waals surface area contributed by atoms with Crippen LogP contribution in [-0.2, 0) is 6.42 Å². The number of anilines is 1. The molecule has 2 aromatic rings. The van der Waals surface area contributed by atoms with Crippen LogP contribution in [0.25, 0.3) is 16.3 Å². The molecule has 0 amide bonds. The van der Waals surface area contributed by atoms with Crippen molar-refractivity contribution in [3.05, 3.63) is 42.2 Å². The average Bonchev–Trinajstić information content (AvgIpc) is 3.63. The van der Waals surface area contributed by atoms with Crippen molar-refractivity contribution in [2.45, 2.75) is 62.7 Å². The Bertz CT molecular complexity index is 1110. The first kappa shape index (κ1) is 27.6. The topological polar surface area (TPSA) is 40.2 Å². The van der Waals surface area contributed by atoms with Gasteiger partial charge in [-0.25, -0.2) is 4.39 Å². The first-order chi connectivity index (χ1) is 17.3. The number of allylic oxidation sites excluding steroid dienone is 1. The third-order valence-electron chi connectivity index (χ3n) is 7.06. The second kappa shape index (κ2) is 10.8. The van der Waals surface area contributed by atoms with Gasteiger partial charge in [-0.05, 0) is 63.7 Å². The van der Waals surface area contributed by atoms with Gasteiger partial charge < -0.3 is 15.5 Å². The summed E-state index contributed by atoms with van der Waals surface area (Å²) < 4.78 is 95.3. The van der Waals surface area contributed by atoms with Gasteiger partial charge in [-0.2, -0.15) is 26.3 Å². The fraction of sp³-hybridized carbons (Fsp3) is 0.577. The normalized spacial score (nSPS) is 22.3. The van der Waals surface area contributed by atoms with Crippen molar-refractivity contribution >= 4 is 22.0 Å². The largest absolute Gasteiger partial charge is 0.417 e. The number of hydrogen-bond acceptors (Lipinski definition) is 4. The Hall–Kier alpha value is -2.40. The predicted molar refractivity (Wildman–Crippen MR) is 130 cm³/mol. The molecule has 1 saturated heterocycles. The van der Waals surface area contributed by atoms with E-state index in [-0.39, 0.29) is 37.0 Å². The number of aromatic nitrogens is 1. The number of hydrogen-bond donors (Lipinski definition) is 2. The molecular weight excluding hydrogens is 501 g/mol. The second-order valence-electron chi connectivity index (χ2n) is 10.1. The number of piperidine rings is 1. The zero-order valence-electron chi connectivity index (χ0n) is 20.5. The highest BCUT2D eigenvalue weighted by atomic mass is 19.4. The number of alkyl halides is 7. The van der Waals surface area contributed by atoms with Crippen molar-refractivity contribution in [3.63, 3.8) is 0 Å². The molecule has 0 radical (unpaired) electrons. The maximum atomic E-state index is 14.7. The van der Waals surface area contributed by atoms with E-state index in [2.05, 4.69) is 22.2 Å². The maximum Gasteiger partial charge on any atom is 0.417 e. The maximum absolute atomic E-state index is 14.7. The minimum absolute atomic E-state index is 0.0506. The van der Waals surface area contributed by atoms with E-state index in [9.17, 15) is 30.7 Å². The number of nitrogens with one attached hydrogen (secondary N) is 2. The van der Waals surface area contributed by atoms with Gasteiger partial charge in [0, 0.05) is 35.2 Å². The summed E-state index contributed by atoms with van der Waals surface area (Å²) in [5, 5.41) is 6.39. The molecule has 1 aliphatic carbocycles. The lowest BCUT2D eigenvalue weighted by molar-refractivity contribution is -0.160. The molecule has 2 N–H and O–H groups in total. The highest BCUT2D eigenvalue weighted by molar-refractivity contribution is 6.00. The van der Waals surface area contributed by atoms with Crippen molar-refractivity contribution < 1.29 is 30.7 Å². The van der Waals surface area contributed by atoms with Gasteiger partial charge in [0.25, 0.3) is 0 Å². The number of fused-ring (bicyclic) bond motifs is 1. The monoisotopic (exact) mass is 532 g/mol. The number of likely N-dealkylation sites (tertiary alicyclic amines) is 1. The van der Waals surface area contributed by atoms with E-state index in [1.807, 2.05) is 11.9 Å². The fourth-order valence-corrected chi connectivity index (χ4v) is 4.87. The van der Waals surface area contributed by atoms with Gasteiger partial charge in [-0.3, -0.25) is 4.98 Å². The van der Waals surface area contributed by atoms with E-state index < -0.39 is 42.1 Å². The van der Waals surface area contributed by atoms with E-state index in [4.69, 9.17) is 0 Å². The van der Waals surface area contributed by atoms with Crippen LogP contribution in [0.4, 0.5) is 36.4 Å². The predicted octanol–water partition coefficient (Wildman–Crippen LogP) is 6.13. The molecule has 1 aromatic heterocycles. The Labute approximate surface area is 211 Å². The number of halogens is 7. The van der Waals surface area contributed by atoms with Crippen LogP contribution in [0.2, 0.25) is 0 Å². The van der Waals surface area contributed by atoms with Gasteiger partial charge in [0.2, 0.25) is 0 Å². The lowest BCUT2D eigenvalue weighted by Crippen LogP contribution is -2.46. The molecule has 1 aliphatic heterocycles. The highest BCUT2D eigenvalue weighted by Gasteiger charge is 2.48. The summed E-state index contributed by atoms with van der Waals surface area (Å²) in [5.74, 6) is -0.423. The molecule has 37 heavy (non-hydrogen) atoms. The lowest BCUT2D eigenvalue weighted by Gasteiger charge is -2.33. The minimum Gasteiger partial charge on any atom is -0.379 e. The van der Waals surface area contributed by atoms with Crippen LogP contribution in [0, 0.1) is 5.92 Å². The van der Waals surface area contributed by atoms with Crippen molar-refractivity contribution in [1.82, 2.24) is 15.2 Å². The summed E-state index contributed by atoms with van der Waals surface area (Å²) in [7, 11) is 1.82. The van der Waals surface area contributed by atoms with Gasteiger partial charge in [-0.1, -0.05) is 18.7 Å². The Balaban J connectivity index is 1.58. The zero-order chi connectivity index (χ0) is 27.0. The number of nitrogens with zero attached hydrogens (tertiary/aromatic N) is 2. The van der Waals surface area contributed by atoms with Crippen LogP contribution < -0.4 is 10.6 Å². The summed E-state index contributed by atoms with van der Waals surface area (Å²) >= 11 is 0. The third-order valence-corrected chi connectivity index (χ3v) is 7.06. The summed E-state index contributed by atoms with van der Waals surface area (Å²) in [4.78, 5) is 6.09. The van der Waals surface area contributed by atoms with Crippen molar-refractivity contribution in [2.24, 2.45) is 5.92 Å². The van der Waals surface area contributed by atoms with Gasteiger partial charge in [0.15, 0.2) is 0 Å². The van der Waals surface area contributed by atoms with Crippen LogP contribution >= 0.6 is 0 Å². The highest BCUT2D eigenvalue weighted by Crippen LogP contribution is 2.40. The van der Waals surface area contributed by atoms with Crippen LogP contribution in [-0.4, -0.2) is 67.2 Å². The minimum atomic E-state index is -4.72. The molecule has 11 heteroatoms. The van der Waals surface area contributed by atoms with Crippen LogP contribution in [0.15, 0.2) is 30.8 Å². The standard InChI is InChI=1S/C26H31F7N4/c1-15(25(28,29)30)23-18-6-3-7-21(36-22-10-12-37(2)14-20(22)27)19(18)13-17(35-23)5-4-11-34-24(16-8-9-16)26(31,32)33/h3,6-7,13,16,20,22,24,34,36H,1,4-5,8-12,14H2,2H3/t20-,22+,24?/m0/s1. The average molecular weight is 533 g/mol. The first-order valence-electron chi connectivity index (χ1n) is 12.4. The number of benzene rings is 1. The molecule has 2 fully saturated rings. The summed E-state index contributed by atoms with van der Waals surface area (Å²) in [6, 6.07) is 4.34. The summed E-state index contributed by atoms with van der Waals surface area (Å²) in [6.07, 6.45) is -8.20. The van der Waals surface area contributed by atoms with Crippen LogP contribution in [0.1, 0.15) is 37.1 Å².